The molecule has 1 fully saturated rings. The van der Waals surface area contributed by atoms with Crippen LogP contribution in [-0.4, -0.2) is 33.7 Å². The molecule has 0 radical (unpaired) electrons. The van der Waals surface area contributed by atoms with Crippen molar-refractivity contribution in [2.45, 2.75) is 51.2 Å². The van der Waals surface area contributed by atoms with Crippen LogP contribution in [0.1, 0.15) is 33.6 Å². The van der Waals surface area contributed by atoms with Crippen molar-refractivity contribution >= 4 is 6.09 Å². The van der Waals surface area contributed by atoms with Crippen molar-refractivity contribution in [3.05, 3.63) is 0 Å². The Balaban J connectivity index is 2.65. The highest BCUT2D eigenvalue weighted by atomic mass is 16.4. The van der Waals surface area contributed by atoms with Gasteiger partial charge in [0, 0.05) is 17.6 Å². The molecule has 1 saturated carbocycles. The van der Waals surface area contributed by atoms with E-state index in [0.717, 1.165) is 12.8 Å². The Morgan fingerprint density at radius 1 is 1.46 bits per heavy atom. The van der Waals surface area contributed by atoms with Crippen molar-refractivity contribution in [1.82, 2.24) is 4.90 Å². The van der Waals surface area contributed by atoms with Crippen molar-refractivity contribution in [3.63, 3.8) is 0 Å². The molecule has 0 heterocycles. The third-order valence-electron chi connectivity index (χ3n) is 2.44. The van der Waals surface area contributed by atoms with Gasteiger partial charge in [-0.25, -0.2) is 4.79 Å². The van der Waals surface area contributed by atoms with E-state index >= 15 is 0 Å². The van der Waals surface area contributed by atoms with Gasteiger partial charge in [0.2, 0.25) is 0 Å². The van der Waals surface area contributed by atoms with Crippen LogP contribution in [0.3, 0.4) is 0 Å². The predicted molar refractivity (Wildman–Crippen MR) is 50.6 cm³/mol. The van der Waals surface area contributed by atoms with Gasteiger partial charge in [0.25, 0.3) is 0 Å². The summed E-state index contributed by atoms with van der Waals surface area (Å²) in [4.78, 5) is 12.5. The Morgan fingerprint density at radius 3 is 2.15 bits per heavy atom. The highest BCUT2D eigenvalue weighted by Gasteiger charge is 2.39. The van der Waals surface area contributed by atoms with E-state index in [2.05, 4.69) is 0 Å². The Kier molecular flexibility index (Phi) is 2.52. The maximum Gasteiger partial charge on any atom is 0.407 e. The molecule has 0 aromatic heterocycles. The molecule has 4 heteroatoms. The minimum Gasteiger partial charge on any atom is -0.465 e. The number of hydrogen-bond donors (Lipinski definition) is 2. The lowest BCUT2D eigenvalue weighted by molar-refractivity contribution is 0.0351. The average molecular weight is 186 g/mol. The van der Waals surface area contributed by atoms with E-state index in [0.29, 0.717) is 0 Å². The van der Waals surface area contributed by atoms with Crippen molar-refractivity contribution in [2.75, 3.05) is 0 Å². The smallest absolute Gasteiger partial charge is 0.407 e. The second-order valence-electron chi connectivity index (χ2n) is 4.71. The lowest BCUT2D eigenvalue weighted by Gasteiger charge is -2.46. The zero-order chi connectivity index (χ0) is 10.2. The van der Waals surface area contributed by atoms with Gasteiger partial charge in [-0.15, -0.1) is 0 Å². The molecule has 0 spiro atoms. The van der Waals surface area contributed by atoms with Crippen LogP contribution >= 0.6 is 0 Å². The number of carbonyl (C=O) groups is 1. The summed E-state index contributed by atoms with van der Waals surface area (Å²) in [5.41, 5.74) is 5.31. The Bertz CT molecular complexity index is 204. The van der Waals surface area contributed by atoms with Crippen LogP contribution < -0.4 is 5.73 Å². The van der Waals surface area contributed by atoms with Crippen LogP contribution in [0.25, 0.3) is 0 Å². The first-order valence-corrected chi connectivity index (χ1v) is 4.60. The summed E-state index contributed by atoms with van der Waals surface area (Å²) < 4.78 is 0. The molecule has 3 N–H and O–H groups in total. The zero-order valence-electron chi connectivity index (χ0n) is 8.45. The molecule has 0 aromatic rings. The van der Waals surface area contributed by atoms with Gasteiger partial charge in [-0.2, -0.15) is 0 Å². The van der Waals surface area contributed by atoms with E-state index in [1.807, 2.05) is 20.8 Å². The molecule has 0 atom stereocenters. The Labute approximate surface area is 78.7 Å². The van der Waals surface area contributed by atoms with Gasteiger partial charge in [0.15, 0.2) is 0 Å². The van der Waals surface area contributed by atoms with Crippen molar-refractivity contribution in [2.24, 2.45) is 5.73 Å². The van der Waals surface area contributed by atoms with Crippen LogP contribution in [0, 0.1) is 0 Å². The quantitative estimate of drug-likeness (QED) is 0.647. The minimum atomic E-state index is -0.843. The summed E-state index contributed by atoms with van der Waals surface area (Å²) in [6.07, 6.45) is 0.747. The number of amides is 1. The van der Waals surface area contributed by atoms with Crippen LogP contribution in [0.15, 0.2) is 0 Å². The van der Waals surface area contributed by atoms with Gasteiger partial charge in [-0.3, -0.25) is 0 Å². The van der Waals surface area contributed by atoms with E-state index < -0.39 is 6.09 Å². The van der Waals surface area contributed by atoms with Crippen LogP contribution in [0.2, 0.25) is 0 Å². The normalized spacial score (nSPS) is 28.0. The molecule has 13 heavy (non-hydrogen) atoms. The second kappa shape index (κ2) is 3.18. The number of rotatable bonds is 1. The molecule has 0 aromatic carbocycles. The fraction of sp³-hybridized carbons (Fsp3) is 0.889. The second-order valence-corrected chi connectivity index (χ2v) is 4.71. The van der Waals surface area contributed by atoms with Crippen molar-refractivity contribution < 1.29 is 9.90 Å². The average Bonchev–Trinajstić information content (AvgIpc) is 1.79. The summed E-state index contributed by atoms with van der Waals surface area (Å²) in [6, 6.07) is 0.307. The number of nitrogens with zero attached hydrogens (tertiary/aromatic N) is 1. The molecule has 0 bridgehead atoms. The van der Waals surface area contributed by atoms with Gasteiger partial charge >= 0.3 is 6.09 Å². The largest absolute Gasteiger partial charge is 0.465 e. The first kappa shape index (κ1) is 10.3. The summed E-state index contributed by atoms with van der Waals surface area (Å²) in [5, 5.41) is 9.02. The summed E-state index contributed by atoms with van der Waals surface area (Å²) in [6.45, 7) is 5.72. The number of hydrogen-bond acceptors (Lipinski definition) is 2. The highest BCUT2D eigenvalue weighted by Crippen LogP contribution is 2.29. The molecular formula is C9H18N2O2. The van der Waals surface area contributed by atoms with E-state index in [9.17, 15) is 4.79 Å². The minimum absolute atomic E-state index is 0.118. The molecule has 0 unspecified atom stereocenters. The highest BCUT2D eigenvalue weighted by molar-refractivity contribution is 5.66. The van der Waals surface area contributed by atoms with E-state index in [4.69, 9.17) is 10.8 Å². The first-order chi connectivity index (χ1) is 5.82. The van der Waals surface area contributed by atoms with Crippen molar-refractivity contribution in [1.29, 1.82) is 0 Å². The van der Waals surface area contributed by atoms with Crippen LogP contribution in [0.5, 0.6) is 0 Å². The molecule has 0 saturated heterocycles. The third kappa shape index (κ3) is 2.12. The molecule has 76 valence electrons. The molecule has 1 aliphatic rings. The van der Waals surface area contributed by atoms with Crippen LogP contribution in [-0.2, 0) is 0 Å². The Hall–Kier alpha value is -0.770. The first-order valence-electron chi connectivity index (χ1n) is 4.60. The van der Waals surface area contributed by atoms with Gasteiger partial charge in [-0.05, 0) is 33.6 Å². The summed E-state index contributed by atoms with van der Waals surface area (Å²) in [5.74, 6) is 0. The van der Waals surface area contributed by atoms with Gasteiger partial charge in [-0.1, -0.05) is 0 Å². The maximum atomic E-state index is 11.0. The van der Waals surface area contributed by atoms with E-state index in [1.54, 1.807) is 0 Å². The van der Waals surface area contributed by atoms with E-state index in [1.165, 1.54) is 4.90 Å². The summed E-state index contributed by atoms with van der Waals surface area (Å²) in [7, 11) is 0. The zero-order valence-corrected chi connectivity index (χ0v) is 8.45. The molecule has 1 amide bonds. The third-order valence-corrected chi connectivity index (χ3v) is 2.44. The van der Waals surface area contributed by atoms with E-state index in [-0.39, 0.29) is 17.6 Å². The van der Waals surface area contributed by atoms with Crippen molar-refractivity contribution in [3.8, 4) is 0 Å². The van der Waals surface area contributed by atoms with Gasteiger partial charge < -0.3 is 15.7 Å². The van der Waals surface area contributed by atoms with Gasteiger partial charge in [0.1, 0.15) is 0 Å². The standard InChI is InChI=1S/C9H18N2O2/c1-9(2,3)11(8(12)13)7-4-6(10)5-7/h6-7H,4-5,10H2,1-3H3,(H,12,13)/t6-,7+. The summed E-state index contributed by atoms with van der Waals surface area (Å²) >= 11 is 0. The monoisotopic (exact) mass is 186 g/mol. The molecular weight excluding hydrogens is 168 g/mol. The lowest BCUT2D eigenvalue weighted by atomic mass is 9.84. The maximum absolute atomic E-state index is 11.0. The molecule has 1 rings (SSSR count). The number of nitrogens with two attached hydrogens (primary N) is 1. The predicted octanol–water partition coefficient (Wildman–Crippen LogP) is 1.25. The topological polar surface area (TPSA) is 66.6 Å². The molecule has 0 aliphatic heterocycles. The van der Waals surface area contributed by atoms with Crippen LogP contribution in [0.4, 0.5) is 4.79 Å². The SMILES string of the molecule is CC(C)(C)N(C(=O)O)[C@H]1C[C@@H](N)C1. The Morgan fingerprint density at radius 2 is 1.92 bits per heavy atom. The fourth-order valence-electron chi connectivity index (χ4n) is 1.83. The lowest BCUT2D eigenvalue weighted by Crippen LogP contribution is -2.58. The molecule has 4 nitrogen and oxygen atoms in total. The molecule has 1 aliphatic carbocycles. The fourth-order valence-corrected chi connectivity index (χ4v) is 1.83. The number of carboxylic acid groups (broad SMARTS) is 1. The van der Waals surface area contributed by atoms with Gasteiger partial charge in [0.05, 0.1) is 0 Å².